The van der Waals surface area contributed by atoms with Crippen molar-refractivity contribution in [2.75, 3.05) is 5.32 Å². The predicted molar refractivity (Wildman–Crippen MR) is 102 cm³/mol. The molecular weight excluding hydrogens is 326 g/mol. The lowest BCUT2D eigenvalue weighted by molar-refractivity contribution is 0.652. The fraction of sp³-hybridized carbons (Fsp3) is 0.263. The lowest BCUT2D eigenvalue weighted by atomic mass is 10.1. The van der Waals surface area contributed by atoms with Crippen LogP contribution >= 0.6 is 0 Å². The van der Waals surface area contributed by atoms with Crippen molar-refractivity contribution >= 4 is 22.5 Å². The van der Waals surface area contributed by atoms with Gasteiger partial charge < -0.3 is 10.3 Å². The highest BCUT2D eigenvalue weighted by atomic mass is 15.3. The summed E-state index contributed by atoms with van der Waals surface area (Å²) in [4.78, 5) is 7.53. The zero-order chi connectivity index (χ0) is 17.5. The minimum atomic E-state index is 0. The third kappa shape index (κ3) is 2.39. The average molecular weight is 347 g/mol. The molecule has 1 aliphatic carbocycles. The van der Waals surface area contributed by atoms with E-state index in [1.807, 2.05) is 36.5 Å². The van der Waals surface area contributed by atoms with E-state index in [9.17, 15) is 0 Å². The molecule has 0 saturated heterocycles. The molecule has 26 heavy (non-hydrogen) atoms. The van der Waals surface area contributed by atoms with Crippen molar-refractivity contribution in [3.63, 3.8) is 0 Å². The number of fused-ring (bicyclic) bond motifs is 3. The second kappa shape index (κ2) is 5.85. The summed E-state index contributed by atoms with van der Waals surface area (Å²) >= 11 is 0. The van der Waals surface area contributed by atoms with Crippen LogP contribution in [-0.2, 0) is 0 Å². The highest BCUT2D eigenvalue weighted by Gasteiger charge is 2.29. The van der Waals surface area contributed by atoms with Gasteiger partial charge >= 0.3 is 0 Å². The summed E-state index contributed by atoms with van der Waals surface area (Å²) in [5.74, 6) is 1.37. The lowest BCUT2D eigenvalue weighted by Crippen LogP contribution is -2.15. The molecule has 0 spiro atoms. The second-order valence-electron chi connectivity index (χ2n) is 6.76. The summed E-state index contributed by atoms with van der Waals surface area (Å²) in [6.07, 6.45) is 6.82. The SMILES string of the molecule is N#Cc1ccc(N[C@H]2CC[C@@H](c3nnc4cnc5[nH]ccc5n34)C2)cc1.[HH].[HH]. The van der Waals surface area contributed by atoms with E-state index in [1.165, 1.54) is 0 Å². The number of nitrogens with zero attached hydrogens (tertiary/aromatic N) is 5. The summed E-state index contributed by atoms with van der Waals surface area (Å²) < 4.78 is 2.12. The van der Waals surface area contributed by atoms with Crippen molar-refractivity contribution in [1.82, 2.24) is 24.6 Å². The zero-order valence-electron chi connectivity index (χ0n) is 14.1. The van der Waals surface area contributed by atoms with Crippen LogP contribution < -0.4 is 5.32 Å². The van der Waals surface area contributed by atoms with Crippen LogP contribution in [0, 0.1) is 11.3 Å². The molecule has 0 aliphatic heterocycles. The van der Waals surface area contributed by atoms with E-state index in [0.29, 0.717) is 17.5 Å². The number of anilines is 1. The molecule has 0 bridgehead atoms. The summed E-state index contributed by atoms with van der Waals surface area (Å²) in [5.41, 5.74) is 4.39. The number of hydrogen-bond acceptors (Lipinski definition) is 5. The van der Waals surface area contributed by atoms with Gasteiger partial charge in [-0.15, -0.1) is 10.2 Å². The summed E-state index contributed by atoms with van der Waals surface area (Å²) in [7, 11) is 0. The Bertz CT molecular complexity index is 1130. The van der Waals surface area contributed by atoms with Gasteiger partial charge in [0.15, 0.2) is 11.3 Å². The Morgan fingerprint density at radius 2 is 2.08 bits per heavy atom. The number of nitrogens with one attached hydrogen (secondary N) is 2. The van der Waals surface area contributed by atoms with Gasteiger partial charge in [0.05, 0.1) is 23.3 Å². The van der Waals surface area contributed by atoms with E-state index < -0.39 is 0 Å². The van der Waals surface area contributed by atoms with Crippen molar-refractivity contribution < 1.29 is 2.85 Å². The summed E-state index contributed by atoms with van der Waals surface area (Å²) in [6.45, 7) is 0. The van der Waals surface area contributed by atoms with Gasteiger partial charge in [-0.3, -0.25) is 4.40 Å². The van der Waals surface area contributed by atoms with E-state index in [-0.39, 0.29) is 2.85 Å². The molecule has 1 fully saturated rings. The highest BCUT2D eigenvalue weighted by molar-refractivity contribution is 5.74. The maximum atomic E-state index is 8.91. The summed E-state index contributed by atoms with van der Waals surface area (Å²) in [6, 6.07) is 12.2. The van der Waals surface area contributed by atoms with Crippen LogP contribution in [0.2, 0.25) is 0 Å². The van der Waals surface area contributed by atoms with Gasteiger partial charge in [-0.05, 0) is 49.6 Å². The smallest absolute Gasteiger partial charge is 0.179 e. The number of rotatable bonds is 3. The van der Waals surface area contributed by atoms with E-state index >= 15 is 0 Å². The first kappa shape index (κ1) is 14.9. The van der Waals surface area contributed by atoms with Gasteiger partial charge in [0.2, 0.25) is 0 Å². The Morgan fingerprint density at radius 3 is 2.92 bits per heavy atom. The zero-order valence-corrected chi connectivity index (χ0v) is 14.1. The van der Waals surface area contributed by atoms with Crippen molar-refractivity contribution in [2.24, 2.45) is 0 Å². The van der Waals surface area contributed by atoms with Crippen molar-refractivity contribution in [3.8, 4) is 6.07 Å². The average Bonchev–Trinajstić information content (AvgIpc) is 3.40. The fourth-order valence-corrected chi connectivity index (χ4v) is 3.89. The van der Waals surface area contributed by atoms with Crippen molar-refractivity contribution in [2.45, 2.75) is 31.2 Å². The molecule has 132 valence electrons. The molecule has 0 unspecified atom stereocenters. The number of aromatic nitrogens is 5. The van der Waals surface area contributed by atoms with Crippen LogP contribution in [0.3, 0.4) is 0 Å². The van der Waals surface area contributed by atoms with Crippen LogP contribution in [0.1, 0.15) is 39.4 Å². The molecule has 1 aliphatic rings. The third-order valence-corrected chi connectivity index (χ3v) is 5.15. The number of nitriles is 1. The molecule has 7 heteroatoms. The molecule has 7 nitrogen and oxygen atoms in total. The molecule has 0 amide bonds. The van der Waals surface area contributed by atoms with Crippen molar-refractivity contribution in [3.05, 3.63) is 54.1 Å². The van der Waals surface area contributed by atoms with E-state index in [2.05, 4.69) is 36.0 Å². The molecule has 2 N–H and O–H groups in total. The van der Waals surface area contributed by atoms with E-state index in [0.717, 1.165) is 47.6 Å². The number of hydrogen-bond donors (Lipinski definition) is 2. The Balaban J connectivity index is 0.00000112. The third-order valence-electron chi connectivity index (χ3n) is 5.15. The lowest BCUT2D eigenvalue weighted by Gasteiger charge is -2.14. The predicted octanol–water partition coefficient (Wildman–Crippen LogP) is 3.72. The molecule has 1 saturated carbocycles. The minimum Gasteiger partial charge on any atom is -0.382 e. The van der Waals surface area contributed by atoms with E-state index in [1.54, 1.807) is 6.20 Å². The Kier molecular flexibility index (Phi) is 3.35. The minimum absolute atomic E-state index is 0. The Hall–Kier alpha value is -3.40. The van der Waals surface area contributed by atoms with Gasteiger partial charge in [-0.1, -0.05) is 0 Å². The first-order valence-electron chi connectivity index (χ1n) is 8.75. The number of H-pyrrole nitrogens is 1. The molecule has 5 rings (SSSR count). The van der Waals surface area contributed by atoms with Crippen LogP contribution in [0.4, 0.5) is 5.69 Å². The molecule has 4 aromatic rings. The Morgan fingerprint density at radius 1 is 1.19 bits per heavy atom. The molecule has 3 aromatic heterocycles. The molecular formula is C19H21N7. The number of aromatic amines is 1. The van der Waals surface area contributed by atoms with Crippen LogP contribution in [0.15, 0.2) is 42.7 Å². The molecule has 0 radical (unpaired) electrons. The van der Waals surface area contributed by atoms with Crippen LogP contribution in [0.5, 0.6) is 0 Å². The first-order chi connectivity index (χ1) is 12.8. The van der Waals surface area contributed by atoms with Crippen molar-refractivity contribution in [1.29, 1.82) is 5.26 Å². The van der Waals surface area contributed by atoms with Gasteiger partial charge in [-0.25, -0.2) is 4.98 Å². The van der Waals surface area contributed by atoms with Gasteiger partial charge in [-0.2, -0.15) is 5.26 Å². The van der Waals surface area contributed by atoms with E-state index in [4.69, 9.17) is 5.26 Å². The molecule has 1 aromatic carbocycles. The first-order valence-corrected chi connectivity index (χ1v) is 8.75. The monoisotopic (exact) mass is 347 g/mol. The van der Waals surface area contributed by atoms with Gasteiger partial charge in [0, 0.05) is 26.7 Å². The molecule has 2 atom stereocenters. The van der Waals surface area contributed by atoms with Gasteiger partial charge in [0.25, 0.3) is 0 Å². The normalized spacial score (nSPS) is 19.8. The second-order valence-corrected chi connectivity index (χ2v) is 6.76. The largest absolute Gasteiger partial charge is 0.382 e. The molecule has 3 heterocycles. The maximum absolute atomic E-state index is 8.91. The fourth-order valence-electron chi connectivity index (χ4n) is 3.89. The summed E-state index contributed by atoms with van der Waals surface area (Å²) in [5, 5.41) is 21.3. The standard InChI is InChI=1S/C19H17N7.2H2/c20-10-12-1-4-14(5-2-12)23-15-6-3-13(9-15)19-25-24-17-11-22-18-16(26(17)19)7-8-21-18;;/h1-2,4-5,7-8,11,13,15,21,23H,3,6,9H2;2*1H/t13-,15+;;/m1../s1. The quantitative estimate of drug-likeness (QED) is 0.589. The number of benzene rings is 1. The topological polar surface area (TPSA) is 94.7 Å². The van der Waals surface area contributed by atoms with Gasteiger partial charge in [0.1, 0.15) is 5.82 Å². The van der Waals surface area contributed by atoms with Crippen LogP contribution in [-0.4, -0.2) is 30.6 Å². The highest BCUT2D eigenvalue weighted by Crippen LogP contribution is 2.35. The maximum Gasteiger partial charge on any atom is 0.179 e. The van der Waals surface area contributed by atoms with Crippen LogP contribution in [0.25, 0.3) is 16.8 Å². The Labute approximate surface area is 152 Å².